The van der Waals surface area contributed by atoms with E-state index in [-0.39, 0.29) is 30.1 Å². The molecule has 1 saturated heterocycles. The van der Waals surface area contributed by atoms with E-state index in [9.17, 15) is 19.2 Å². The van der Waals surface area contributed by atoms with Crippen molar-refractivity contribution in [2.75, 3.05) is 13.7 Å². The minimum atomic E-state index is -0.942. The molecule has 1 aliphatic rings. The number of amides is 2. The molecule has 0 bridgehead atoms. The van der Waals surface area contributed by atoms with Gasteiger partial charge in [-0.1, -0.05) is 20.8 Å². The van der Waals surface area contributed by atoms with E-state index in [1.165, 1.54) is 7.11 Å². The number of hydrogen-bond donors (Lipinski definition) is 2. The Morgan fingerprint density at radius 3 is 2.24 bits per heavy atom. The van der Waals surface area contributed by atoms with E-state index in [0.29, 0.717) is 19.4 Å². The molecule has 8 heteroatoms. The highest BCUT2D eigenvalue weighted by Crippen LogP contribution is 2.28. The Labute approximate surface area is 173 Å². The SMILES string of the molecule is COC(=O)[C@H](C[C@@H]1CCNC1=O)NC(=O)[C@@H](CC(=O)OC(C)(C)C)CC(C)(C)C. The van der Waals surface area contributed by atoms with Gasteiger partial charge in [-0.2, -0.15) is 0 Å². The summed E-state index contributed by atoms with van der Waals surface area (Å²) in [6.07, 6.45) is 1.12. The van der Waals surface area contributed by atoms with Crippen LogP contribution in [0.3, 0.4) is 0 Å². The standard InChI is InChI=1S/C21H36N2O6/c1-20(2,3)12-14(11-16(24)29-21(4,5)6)18(26)23-15(19(27)28-7)10-13-8-9-22-17(13)25/h13-15H,8-12H2,1-7H3,(H,22,25)(H,23,26)/t13-,14-,15-/m0/s1. The maximum Gasteiger partial charge on any atom is 0.328 e. The molecule has 8 nitrogen and oxygen atoms in total. The molecule has 0 saturated carbocycles. The molecule has 1 aliphatic heterocycles. The van der Waals surface area contributed by atoms with Crippen LogP contribution in [-0.4, -0.2) is 49.1 Å². The van der Waals surface area contributed by atoms with Gasteiger partial charge in [-0.05, 0) is 45.4 Å². The summed E-state index contributed by atoms with van der Waals surface area (Å²) in [5.74, 6) is -2.63. The number of methoxy groups -OCH3 is 1. The quantitative estimate of drug-likeness (QED) is 0.590. The van der Waals surface area contributed by atoms with Crippen LogP contribution in [0, 0.1) is 17.3 Å². The van der Waals surface area contributed by atoms with Crippen LogP contribution in [0.25, 0.3) is 0 Å². The zero-order chi connectivity index (χ0) is 22.4. The summed E-state index contributed by atoms with van der Waals surface area (Å²) >= 11 is 0. The second-order valence-electron chi connectivity index (χ2n) is 9.85. The zero-order valence-electron chi connectivity index (χ0n) is 18.7. The largest absolute Gasteiger partial charge is 0.467 e. The third-order valence-corrected chi connectivity index (χ3v) is 4.55. The Morgan fingerprint density at radius 1 is 1.17 bits per heavy atom. The van der Waals surface area contributed by atoms with Gasteiger partial charge in [0.05, 0.1) is 13.5 Å². The van der Waals surface area contributed by atoms with E-state index in [1.54, 1.807) is 20.8 Å². The van der Waals surface area contributed by atoms with E-state index >= 15 is 0 Å². The molecule has 1 rings (SSSR count). The van der Waals surface area contributed by atoms with Crippen molar-refractivity contribution in [3.8, 4) is 0 Å². The number of ether oxygens (including phenoxy) is 2. The molecule has 0 aromatic heterocycles. The summed E-state index contributed by atoms with van der Waals surface area (Å²) in [5, 5.41) is 5.43. The fourth-order valence-corrected chi connectivity index (χ4v) is 3.38. The molecule has 0 aliphatic carbocycles. The van der Waals surface area contributed by atoms with Crippen LogP contribution in [0.4, 0.5) is 0 Å². The van der Waals surface area contributed by atoms with E-state index in [4.69, 9.17) is 9.47 Å². The summed E-state index contributed by atoms with van der Waals surface area (Å²) in [4.78, 5) is 49.4. The summed E-state index contributed by atoms with van der Waals surface area (Å²) in [6, 6.07) is -0.942. The van der Waals surface area contributed by atoms with Gasteiger partial charge in [0.25, 0.3) is 0 Å². The van der Waals surface area contributed by atoms with Crippen molar-refractivity contribution in [2.45, 2.75) is 78.9 Å². The number of carbonyl (C=O) groups excluding carboxylic acids is 4. The summed E-state index contributed by atoms with van der Waals surface area (Å²) in [7, 11) is 1.24. The first-order valence-corrected chi connectivity index (χ1v) is 10.1. The lowest BCUT2D eigenvalue weighted by Crippen LogP contribution is -2.47. The van der Waals surface area contributed by atoms with Gasteiger partial charge in [0.15, 0.2) is 0 Å². The van der Waals surface area contributed by atoms with Crippen LogP contribution >= 0.6 is 0 Å². The Kier molecular flexibility index (Phi) is 8.65. The average Bonchev–Trinajstić information content (AvgIpc) is 2.94. The van der Waals surface area contributed by atoms with Gasteiger partial charge in [0.1, 0.15) is 11.6 Å². The number of carbonyl (C=O) groups is 4. The maximum atomic E-state index is 13.0. The molecule has 2 N–H and O–H groups in total. The molecular formula is C21H36N2O6. The van der Waals surface area contributed by atoms with Crippen molar-refractivity contribution in [1.82, 2.24) is 10.6 Å². The second kappa shape index (κ2) is 10.1. The molecule has 166 valence electrons. The Balaban J connectivity index is 2.91. The molecule has 1 heterocycles. The molecule has 0 aromatic carbocycles. The van der Waals surface area contributed by atoms with Crippen molar-refractivity contribution in [1.29, 1.82) is 0 Å². The summed E-state index contributed by atoms with van der Waals surface area (Å²) in [6.45, 7) is 11.8. The molecule has 2 amide bonds. The van der Waals surface area contributed by atoms with Crippen LogP contribution in [0.1, 0.15) is 67.2 Å². The van der Waals surface area contributed by atoms with Gasteiger partial charge >= 0.3 is 11.9 Å². The van der Waals surface area contributed by atoms with Gasteiger partial charge in [-0.15, -0.1) is 0 Å². The van der Waals surface area contributed by atoms with Crippen molar-refractivity contribution < 1.29 is 28.7 Å². The van der Waals surface area contributed by atoms with E-state index < -0.39 is 35.4 Å². The Morgan fingerprint density at radius 2 is 1.79 bits per heavy atom. The molecule has 0 aromatic rings. The lowest BCUT2D eigenvalue weighted by Gasteiger charge is -2.28. The first kappa shape index (κ1) is 24.9. The molecule has 0 spiro atoms. The van der Waals surface area contributed by atoms with Gasteiger partial charge in [-0.3, -0.25) is 14.4 Å². The van der Waals surface area contributed by atoms with E-state index in [1.807, 2.05) is 20.8 Å². The monoisotopic (exact) mass is 412 g/mol. The molecule has 0 radical (unpaired) electrons. The van der Waals surface area contributed by atoms with Crippen LogP contribution in [-0.2, 0) is 28.7 Å². The molecule has 1 fully saturated rings. The normalized spacial score (nSPS) is 19.1. The van der Waals surface area contributed by atoms with Crippen molar-refractivity contribution in [3.63, 3.8) is 0 Å². The van der Waals surface area contributed by atoms with Crippen LogP contribution in [0.15, 0.2) is 0 Å². The van der Waals surface area contributed by atoms with Crippen molar-refractivity contribution in [2.24, 2.45) is 17.3 Å². The maximum absolute atomic E-state index is 13.0. The van der Waals surface area contributed by atoms with Gasteiger partial charge < -0.3 is 20.1 Å². The minimum Gasteiger partial charge on any atom is -0.467 e. The predicted octanol–water partition coefficient (Wildman–Crippen LogP) is 1.95. The molecule has 0 unspecified atom stereocenters. The first-order chi connectivity index (χ1) is 13.2. The van der Waals surface area contributed by atoms with Crippen molar-refractivity contribution >= 4 is 23.8 Å². The lowest BCUT2D eigenvalue weighted by molar-refractivity contribution is -0.157. The number of nitrogens with one attached hydrogen (secondary N) is 2. The van der Waals surface area contributed by atoms with E-state index in [0.717, 1.165) is 0 Å². The molecule has 3 atom stereocenters. The topological polar surface area (TPSA) is 111 Å². The van der Waals surface area contributed by atoms with Crippen LogP contribution < -0.4 is 10.6 Å². The third-order valence-electron chi connectivity index (χ3n) is 4.55. The van der Waals surface area contributed by atoms with Crippen molar-refractivity contribution in [3.05, 3.63) is 0 Å². The summed E-state index contributed by atoms with van der Waals surface area (Å²) in [5.41, 5.74) is -0.861. The number of esters is 2. The smallest absolute Gasteiger partial charge is 0.328 e. The van der Waals surface area contributed by atoms with Gasteiger partial charge in [0.2, 0.25) is 11.8 Å². The lowest BCUT2D eigenvalue weighted by atomic mass is 9.82. The fourth-order valence-electron chi connectivity index (χ4n) is 3.38. The highest BCUT2D eigenvalue weighted by molar-refractivity contribution is 5.89. The number of hydrogen-bond acceptors (Lipinski definition) is 6. The predicted molar refractivity (Wildman–Crippen MR) is 108 cm³/mol. The molecular weight excluding hydrogens is 376 g/mol. The second-order valence-corrected chi connectivity index (χ2v) is 9.85. The average molecular weight is 413 g/mol. The van der Waals surface area contributed by atoms with Crippen LogP contribution in [0.2, 0.25) is 0 Å². The fraction of sp³-hybridized carbons (Fsp3) is 0.810. The first-order valence-electron chi connectivity index (χ1n) is 10.1. The highest BCUT2D eigenvalue weighted by atomic mass is 16.6. The van der Waals surface area contributed by atoms with Gasteiger partial charge in [0, 0.05) is 18.4 Å². The minimum absolute atomic E-state index is 0.0851. The Hall–Kier alpha value is -2.12. The zero-order valence-corrected chi connectivity index (χ0v) is 18.7. The number of rotatable bonds is 8. The summed E-state index contributed by atoms with van der Waals surface area (Å²) < 4.78 is 10.2. The highest BCUT2D eigenvalue weighted by Gasteiger charge is 2.35. The van der Waals surface area contributed by atoms with E-state index in [2.05, 4.69) is 10.6 Å². The Bertz CT molecular complexity index is 618. The van der Waals surface area contributed by atoms with Gasteiger partial charge in [-0.25, -0.2) is 4.79 Å². The third kappa shape index (κ3) is 9.28. The van der Waals surface area contributed by atoms with Crippen LogP contribution in [0.5, 0.6) is 0 Å². The molecule has 29 heavy (non-hydrogen) atoms.